The number of nitrogens with one attached hydrogen (secondary N) is 1. The number of nitrogens with zero attached hydrogens (tertiary/aromatic N) is 3. The van der Waals surface area contributed by atoms with Crippen molar-refractivity contribution in [1.82, 2.24) is 19.5 Å². The molecule has 1 aromatic heterocycles. The van der Waals surface area contributed by atoms with Crippen LogP contribution in [0, 0.1) is 0 Å². The van der Waals surface area contributed by atoms with E-state index in [2.05, 4.69) is 14.8 Å². The van der Waals surface area contributed by atoms with Gasteiger partial charge in [-0.1, -0.05) is 12.1 Å². The van der Waals surface area contributed by atoms with Gasteiger partial charge in [0.2, 0.25) is 10.0 Å². The lowest BCUT2D eigenvalue weighted by molar-refractivity contribution is 0.340. The molecule has 0 aliphatic heterocycles. The maximum atomic E-state index is 12.6. The summed E-state index contributed by atoms with van der Waals surface area (Å²) < 4.78 is 34.8. The molecule has 2 aromatic carbocycles. The Balaban J connectivity index is 1.72. The predicted octanol–water partition coefficient (Wildman–Crippen LogP) is 2.71. The monoisotopic (exact) mass is 372 g/mol. The molecule has 0 saturated heterocycles. The van der Waals surface area contributed by atoms with Gasteiger partial charge in [0.25, 0.3) is 0 Å². The van der Waals surface area contributed by atoms with E-state index >= 15 is 0 Å². The maximum absolute atomic E-state index is 12.6. The Morgan fingerprint density at radius 2 is 1.81 bits per heavy atom. The normalized spacial score (nSPS) is 12.7. The van der Waals surface area contributed by atoms with Crippen molar-refractivity contribution in [2.24, 2.45) is 0 Å². The minimum absolute atomic E-state index is 0.201. The van der Waals surface area contributed by atoms with Crippen LogP contribution >= 0.6 is 0 Å². The molecule has 3 rings (SSSR count). The van der Waals surface area contributed by atoms with E-state index in [0.29, 0.717) is 12.4 Å². The first-order valence-corrected chi connectivity index (χ1v) is 9.68. The third kappa shape index (κ3) is 4.09. The number of hydrogen-bond donors (Lipinski definition) is 1. The van der Waals surface area contributed by atoms with Crippen LogP contribution in [0.5, 0.6) is 5.75 Å². The molecule has 1 atom stereocenters. The molecule has 0 spiro atoms. The molecule has 26 heavy (non-hydrogen) atoms. The molecule has 0 saturated carbocycles. The quantitative estimate of drug-likeness (QED) is 0.689. The fourth-order valence-corrected chi connectivity index (χ4v) is 3.74. The van der Waals surface area contributed by atoms with E-state index in [1.807, 2.05) is 31.2 Å². The minimum Gasteiger partial charge on any atom is -0.494 e. The number of rotatable bonds is 7. The minimum atomic E-state index is -3.63. The summed E-state index contributed by atoms with van der Waals surface area (Å²) in [4.78, 5) is 4.11. The van der Waals surface area contributed by atoms with Gasteiger partial charge in [0.15, 0.2) is 0 Å². The highest BCUT2D eigenvalue weighted by molar-refractivity contribution is 7.89. The van der Waals surface area contributed by atoms with Crippen LogP contribution in [0.3, 0.4) is 0 Å². The van der Waals surface area contributed by atoms with Crippen molar-refractivity contribution in [2.75, 3.05) is 6.61 Å². The maximum Gasteiger partial charge on any atom is 0.241 e. The van der Waals surface area contributed by atoms with Crippen LogP contribution in [0.4, 0.5) is 0 Å². The fourth-order valence-electron chi connectivity index (χ4n) is 2.51. The van der Waals surface area contributed by atoms with Gasteiger partial charge in [-0.15, -0.1) is 0 Å². The molecule has 1 unspecified atom stereocenters. The average Bonchev–Trinajstić information content (AvgIpc) is 3.17. The van der Waals surface area contributed by atoms with Crippen LogP contribution in [0.15, 0.2) is 66.1 Å². The molecule has 0 bridgehead atoms. The van der Waals surface area contributed by atoms with Gasteiger partial charge in [-0.3, -0.25) is 0 Å². The van der Waals surface area contributed by atoms with Crippen molar-refractivity contribution in [3.8, 4) is 11.4 Å². The second-order valence-electron chi connectivity index (χ2n) is 5.68. The van der Waals surface area contributed by atoms with E-state index in [0.717, 1.165) is 11.3 Å². The van der Waals surface area contributed by atoms with E-state index in [4.69, 9.17) is 4.74 Å². The smallest absolute Gasteiger partial charge is 0.241 e. The Labute approximate surface area is 152 Å². The molecule has 1 N–H and O–H groups in total. The number of hydrogen-bond acceptors (Lipinski definition) is 5. The van der Waals surface area contributed by atoms with Crippen LogP contribution in [0.25, 0.3) is 5.69 Å². The predicted molar refractivity (Wildman–Crippen MR) is 97.7 cm³/mol. The van der Waals surface area contributed by atoms with Gasteiger partial charge < -0.3 is 4.74 Å². The summed E-state index contributed by atoms with van der Waals surface area (Å²) in [5, 5.41) is 4.06. The zero-order chi connectivity index (χ0) is 18.6. The molecule has 0 aliphatic rings. The Hall–Kier alpha value is -2.71. The third-order valence-corrected chi connectivity index (χ3v) is 5.41. The summed E-state index contributed by atoms with van der Waals surface area (Å²) >= 11 is 0. The second kappa shape index (κ2) is 7.67. The van der Waals surface area contributed by atoms with Gasteiger partial charge >= 0.3 is 0 Å². The lowest BCUT2D eigenvalue weighted by Crippen LogP contribution is -2.26. The molecule has 0 radical (unpaired) electrons. The van der Waals surface area contributed by atoms with Gasteiger partial charge in [0.05, 0.1) is 17.2 Å². The zero-order valence-corrected chi connectivity index (χ0v) is 15.3. The SMILES string of the molecule is CCOc1ccc(S(=O)(=O)NC(C)c2ccc(-n3cncn3)cc2)cc1. The van der Waals surface area contributed by atoms with E-state index < -0.39 is 10.0 Å². The van der Waals surface area contributed by atoms with Gasteiger partial charge in [0.1, 0.15) is 18.4 Å². The standard InChI is InChI=1S/C18H20N4O3S/c1-3-25-17-8-10-18(11-9-17)26(23,24)21-14(2)15-4-6-16(7-5-15)22-13-19-12-20-22/h4-14,21H,3H2,1-2H3. The molecule has 3 aromatic rings. The largest absolute Gasteiger partial charge is 0.494 e. The van der Waals surface area contributed by atoms with Crippen molar-refractivity contribution in [1.29, 1.82) is 0 Å². The summed E-state index contributed by atoms with van der Waals surface area (Å²) in [5.41, 5.74) is 1.70. The topological polar surface area (TPSA) is 86.1 Å². The summed E-state index contributed by atoms with van der Waals surface area (Å²) in [7, 11) is -3.63. The molecule has 0 aliphatic carbocycles. The van der Waals surface area contributed by atoms with Crippen molar-refractivity contribution in [2.45, 2.75) is 24.8 Å². The molecule has 0 amide bonds. The fraction of sp³-hybridized carbons (Fsp3) is 0.222. The van der Waals surface area contributed by atoms with E-state index in [9.17, 15) is 8.42 Å². The first kappa shape index (κ1) is 18.1. The number of ether oxygens (including phenoxy) is 1. The third-order valence-electron chi connectivity index (χ3n) is 3.85. The lowest BCUT2D eigenvalue weighted by atomic mass is 10.1. The molecule has 136 valence electrons. The van der Waals surface area contributed by atoms with Gasteiger partial charge in [-0.2, -0.15) is 5.10 Å². The molecule has 7 nitrogen and oxygen atoms in total. The summed E-state index contributed by atoms with van der Waals surface area (Å²) in [6.07, 6.45) is 3.06. The van der Waals surface area contributed by atoms with Crippen LogP contribution in [0.2, 0.25) is 0 Å². The van der Waals surface area contributed by atoms with Crippen LogP contribution in [0.1, 0.15) is 25.5 Å². The lowest BCUT2D eigenvalue weighted by Gasteiger charge is -2.15. The highest BCUT2D eigenvalue weighted by atomic mass is 32.2. The molecular weight excluding hydrogens is 352 g/mol. The van der Waals surface area contributed by atoms with E-state index in [1.165, 1.54) is 18.5 Å². The van der Waals surface area contributed by atoms with E-state index in [1.54, 1.807) is 30.1 Å². The average molecular weight is 372 g/mol. The van der Waals surface area contributed by atoms with Crippen molar-refractivity contribution in [3.05, 3.63) is 66.7 Å². The van der Waals surface area contributed by atoms with Gasteiger partial charge in [-0.25, -0.2) is 22.8 Å². The Bertz CT molecular complexity index is 937. The molecule has 0 fully saturated rings. The first-order chi connectivity index (χ1) is 12.5. The first-order valence-electron chi connectivity index (χ1n) is 8.20. The molecular formula is C18H20N4O3S. The van der Waals surface area contributed by atoms with Crippen molar-refractivity contribution >= 4 is 10.0 Å². The number of benzene rings is 2. The number of aromatic nitrogens is 3. The second-order valence-corrected chi connectivity index (χ2v) is 7.39. The van der Waals surface area contributed by atoms with Crippen molar-refractivity contribution < 1.29 is 13.2 Å². The Morgan fingerprint density at radius 3 is 2.38 bits per heavy atom. The van der Waals surface area contributed by atoms with Crippen LogP contribution < -0.4 is 9.46 Å². The Kier molecular flexibility index (Phi) is 5.34. The molecule has 1 heterocycles. The molecule has 8 heteroatoms. The van der Waals surface area contributed by atoms with Gasteiger partial charge in [0, 0.05) is 6.04 Å². The zero-order valence-electron chi connectivity index (χ0n) is 14.5. The van der Waals surface area contributed by atoms with Crippen LogP contribution in [-0.4, -0.2) is 29.8 Å². The summed E-state index contributed by atoms with van der Waals surface area (Å²) in [6, 6.07) is 13.5. The van der Waals surface area contributed by atoms with E-state index in [-0.39, 0.29) is 10.9 Å². The Morgan fingerprint density at radius 1 is 1.12 bits per heavy atom. The highest BCUT2D eigenvalue weighted by Crippen LogP contribution is 2.20. The summed E-state index contributed by atoms with van der Waals surface area (Å²) in [5.74, 6) is 0.642. The summed E-state index contributed by atoms with van der Waals surface area (Å²) in [6.45, 7) is 4.21. The van der Waals surface area contributed by atoms with Crippen molar-refractivity contribution in [3.63, 3.8) is 0 Å². The number of sulfonamides is 1. The van der Waals surface area contributed by atoms with Gasteiger partial charge in [-0.05, 0) is 55.8 Å². The van der Waals surface area contributed by atoms with Crippen LogP contribution in [-0.2, 0) is 10.0 Å². The highest BCUT2D eigenvalue weighted by Gasteiger charge is 2.18.